The number of nitrogens with one attached hydrogen (secondary N) is 1. The van der Waals surface area contributed by atoms with Gasteiger partial charge in [-0.15, -0.1) is 0 Å². The van der Waals surface area contributed by atoms with E-state index in [2.05, 4.69) is 10.4 Å². The number of carbonyl (C=O) groups is 2. The van der Waals surface area contributed by atoms with Crippen LogP contribution in [-0.4, -0.2) is 47.3 Å². The van der Waals surface area contributed by atoms with E-state index >= 15 is 0 Å². The minimum absolute atomic E-state index is 0.0953. The molecular formula is C17H21N5O3. The largest absolute Gasteiger partial charge is 0.493 e. The van der Waals surface area contributed by atoms with Gasteiger partial charge in [0.15, 0.2) is 5.75 Å². The van der Waals surface area contributed by atoms with Crippen molar-refractivity contribution < 1.29 is 14.3 Å². The molecule has 3 rings (SSSR count). The third kappa shape index (κ3) is 3.15. The van der Waals surface area contributed by atoms with Crippen molar-refractivity contribution in [3.8, 4) is 5.75 Å². The molecule has 1 fully saturated rings. The highest BCUT2D eigenvalue weighted by Crippen LogP contribution is 2.29. The Balaban J connectivity index is 1.82. The molecular weight excluding hydrogens is 322 g/mol. The summed E-state index contributed by atoms with van der Waals surface area (Å²) in [6, 6.07) is 6.77. The molecule has 0 aliphatic carbocycles. The van der Waals surface area contributed by atoms with E-state index in [1.54, 1.807) is 43.2 Å². The van der Waals surface area contributed by atoms with E-state index in [9.17, 15) is 9.59 Å². The zero-order valence-electron chi connectivity index (χ0n) is 14.7. The van der Waals surface area contributed by atoms with Crippen LogP contribution in [-0.2, 0) is 11.8 Å². The molecule has 8 heteroatoms. The lowest BCUT2D eigenvalue weighted by atomic mass is 10.2. The van der Waals surface area contributed by atoms with E-state index in [1.807, 2.05) is 20.0 Å². The molecule has 1 unspecified atom stereocenters. The molecule has 0 radical (unpaired) electrons. The van der Waals surface area contributed by atoms with Gasteiger partial charge < -0.3 is 15.0 Å². The number of ether oxygens (including phenoxy) is 1. The molecule has 25 heavy (non-hydrogen) atoms. The number of rotatable bonds is 5. The lowest BCUT2D eigenvalue weighted by Gasteiger charge is -2.18. The summed E-state index contributed by atoms with van der Waals surface area (Å²) in [5.74, 6) is 0.467. The number of amides is 3. The van der Waals surface area contributed by atoms with Gasteiger partial charge in [0.2, 0.25) is 0 Å². The number of aryl methyl sites for hydroxylation is 1. The number of benzene rings is 1. The number of anilines is 2. The summed E-state index contributed by atoms with van der Waals surface area (Å²) in [6.07, 6.45) is 1.81. The second-order valence-electron chi connectivity index (χ2n) is 6.04. The van der Waals surface area contributed by atoms with Crippen molar-refractivity contribution in [2.45, 2.75) is 13.0 Å². The lowest BCUT2D eigenvalue weighted by molar-refractivity contribution is -0.116. The second kappa shape index (κ2) is 6.46. The highest BCUT2D eigenvalue weighted by Gasteiger charge is 2.34. The van der Waals surface area contributed by atoms with Crippen molar-refractivity contribution in [2.24, 2.45) is 7.05 Å². The number of hydrogen-bond donors (Lipinski definition) is 1. The first kappa shape index (κ1) is 16.8. The Morgan fingerprint density at radius 2 is 2.04 bits per heavy atom. The van der Waals surface area contributed by atoms with Crippen molar-refractivity contribution in [2.75, 3.05) is 30.9 Å². The fraction of sp³-hybridized carbons (Fsp3) is 0.353. The molecule has 2 heterocycles. The fourth-order valence-electron chi connectivity index (χ4n) is 2.87. The van der Waals surface area contributed by atoms with Gasteiger partial charge in [0, 0.05) is 19.8 Å². The number of likely N-dealkylation sites (N-methyl/N-ethyl adjacent to an activating group) is 1. The van der Waals surface area contributed by atoms with Crippen LogP contribution in [0.3, 0.4) is 0 Å². The first-order valence-corrected chi connectivity index (χ1v) is 7.93. The SMILES string of the molecule is COc1cn(C)nc1C(C)Nc1cccc(N2C(=O)CN(C)C2=O)c1. The first-order chi connectivity index (χ1) is 11.9. The topological polar surface area (TPSA) is 79.7 Å². The van der Waals surface area contributed by atoms with Crippen LogP contribution in [0.5, 0.6) is 5.75 Å². The van der Waals surface area contributed by atoms with Crippen molar-refractivity contribution in [1.82, 2.24) is 14.7 Å². The van der Waals surface area contributed by atoms with Gasteiger partial charge in [-0.2, -0.15) is 5.10 Å². The molecule has 1 saturated heterocycles. The number of nitrogens with zero attached hydrogens (tertiary/aromatic N) is 4. The van der Waals surface area contributed by atoms with Crippen molar-refractivity contribution in [1.29, 1.82) is 0 Å². The van der Waals surface area contributed by atoms with Gasteiger partial charge in [0.1, 0.15) is 12.2 Å². The summed E-state index contributed by atoms with van der Waals surface area (Å²) in [6.45, 7) is 2.06. The quantitative estimate of drug-likeness (QED) is 0.840. The van der Waals surface area contributed by atoms with Crippen LogP contribution in [0.25, 0.3) is 0 Å². The number of methoxy groups -OCH3 is 1. The molecule has 1 aromatic heterocycles. The van der Waals surface area contributed by atoms with E-state index < -0.39 is 0 Å². The molecule has 1 N–H and O–H groups in total. The number of carbonyl (C=O) groups excluding carboxylic acids is 2. The summed E-state index contributed by atoms with van der Waals surface area (Å²) in [5, 5.41) is 7.75. The summed E-state index contributed by atoms with van der Waals surface area (Å²) in [7, 11) is 5.05. The van der Waals surface area contributed by atoms with E-state index in [0.29, 0.717) is 11.4 Å². The van der Waals surface area contributed by atoms with Gasteiger partial charge in [-0.25, -0.2) is 9.69 Å². The molecule has 0 saturated carbocycles. The highest BCUT2D eigenvalue weighted by atomic mass is 16.5. The Bertz CT molecular complexity index is 816. The minimum Gasteiger partial charge on any atom is -0.493 e. The van der Waals surface area contributed by atoms with Crippen LogP contribution in [0.2, 0.25) is 0 Å². The first-order valence-electron chi connectivity index (χ1n) is 7.93. The van der Waals surface area contributed by atoms with Gasteiger partial charge >= 0.3 is 6.03 Å². The summed E-state index contributed by atoms with van der Waals surface area (Å²) in [4.78, 5) is 26.8. The summed E-state index contributed by atoms with van der Waals surface area (Å²) >= 11 is 0. The van der Waals surface area contributed by atoms with E-state index in [1.165, 1.54) is 9.80 Å². The van der Waals surface area contributed by atoms with Gasteiger partial charge in [-0.05, 0) is 25.1 Å². The Morgan fingerprint density at radius 1 is 1.28 bits per heavy atom. The number of hydrogen-bond acceptors (Lipinski definition) is 5. The van der Waals surface area contributed by atoms with Crippen LogP contribution in [0.1, 0.15) is 18.7 Å². The van der Waals surface area contributed by atoms with Crippen molar-refractivity contribution in [3.63, 3.8) is 0 Å². The maximum absolute atomic E-state index is 12.1. The summed E-state index contributed by atoms with van der Waals surface area (Å²) in [5.41, 5.74) is 2.11. The highest BCUT2D eigenvalue weighted by molar-refractivity contribution is 6.19. The second-order valence-corrected chi connectivity index (χ2v) is 6.04. The van der Waals surface area contributed by atoms with E-state index in [-0.39, 0.29) is 24.5 Å². The maximum atomic E-state index is 12.1. The molecule has 2 aromatic rings. The smallest absolute Gasteiger partial charge is 0.331 e. The molecule has 1 aliphatic rings. The number of aromatic nitrogens is 2. The minimum atomic E-state index is -0.318. The van der Waals surface area contributed by atoms with Crippen LogP contribution in [0, 0.1) is 0 Å². The number of urea groups is 1. The zero-order chi connectivity index (χ0) is 18.1. The van der Waals surface area contributed by atoms with Gasteiger partial charge in [-0.1, -0.05) is 6.07 Å². The Hall–Kier alpha value is -3.03. The van der Waals surface area contributed by atoms with Crippen LogP contribution in [0.4, 0.5) is 16.2 Å². The zero-order valence-corrected chi connectivity index (χ0v) is 14.7. The summed E-state index contributed by atoms with van der Waals surface area (Å²) < 4.78 is 7.04. The van der Waals surface area contributed by atoms with Gasteiger partial charge in [-0.3, -0.25) is 9.48 Å². The average Bonchev–Trinajstić information content (AvgIpc) is 3.07. The van der Waals surface area contributed by atoms with Gasteiger partial charge in [0.05, 0.1) is 25.0 Å². The molecule has 3 amide bonds. The third-order valence-electron chi connectivity index (χ3n) is 4.08. The maximum Gasteiger partial charge on any atom is 0.331 e. The normalized spacial score (nSPS) is 15.7. The Kier molecular flexibility index (Phi) is 4.35. The molecule has 1 aromatic carbocycles. The van der Waals surface area contributed by atoms with Crippen LogP contribution >= 0.6 is 0 Å². The molecule has 0 bridgehead atoms. The van der Waals surface area contributed by atoms with Gasteiger partial charge in [0.25, 0.3) is 5.91 Å². The molecule has 8 nitrogen and oxygen atoms in total. The number of imide groups is 1. The monoisotopic (exact) mass is 343 g/mol. The molecule has 0 spiro atoms. The molecule has 1 atom stereocenters. The Morgan fingerprint density at radius 3 is 2.68 bits per heavy atom. The van der Waals surface area contributed by atoms with Crippen LogP contribution in [0.15, 0.2) is 30.5 Å². The predicted octanol–water partition coefficient (Wildman–Crippen LogP) is 2.00. The van der Waals surface area contributed by atoms with E-state index in [4.69, 9.17) is 4.74 Å². The Labute approximate surface area is 146 Å². The third-order valence-corrected chi connectivity index (χ3v) is 4.08. The fourth-order valence-corrected chi connectivity index (χ4v) is 2.87. The molecule has 1 aliphatic heterocycles. The average molecular weight is 343 g/mol. The van der Waals surface area contributed by atoms with E-state index in [0.717, 1.165) is 11.4 Å². The lowest BCUT2D eigenvalue weighted by Crippen LogP contribution is -2.31. The molecule has 132 valence electrons. The van der Waals surface area contributed by atoms with Crippen molar-refractivity contribution in [3.05, 3.63) is 36.2 Å². The van der Waals surface area contributed by atoms with Crippen LogP contribution < -0.4 is 15.0 Å². The standard InChI is InChI=1S/C17H21N5O3/c1-11(16-14(25-4)9-21(3)19-16)18-12-6-5-7-13(8-12)22-15(23)10-20(2)17(22)24/h5-9,11,18H,10H2,1-4H3. The predicted molar refractivity (Wildman–Crippen MR) is 93.8 cm³/mol. The van der Waals surface area contributed by atoms with Crippen molar-refractivity contribution >= 4 is 23.3 Å².